The van der Waals surface area contributed by atoms with Crippen LogP contribution in [0.25, 0.3) is 22.6 Å². The van der Waals surface area contributed by atoms with Crippen molar-refractivity contribution < 1.29 is 9.21 Å². The molecule has 0 spiro atoms. The molecule has 1 aromatic carbocycles. The zero-order valence-electron chi connectivity index (χ0n) is 14.7. The van der Waals surface area contributed by atoms with Crippen molar-refractivity contribution in [2.45, 2.75) is 44.9 Å². The number of nitrogens with zero attached hydrogens (tertiary/aromatic N) is 3. The van der Waals surface area contributed by atoms with E-state index < -0.39 is 0 Å². The Kier molecular flexibility index (Phi) is 5.43. The number of furan rings is 1. The van der Waals surface area contributed by atoms with Crippen molar-refractivity contribution in [2.75, 3.05) is 5.75 Å². The Bertz CT molecular complexity index is 838. The number of amides is 1. The van der Waals surface area contributed by atoms with Gasteiger partial charge in [-0.25, -0.2) is 0 Å². The third-order valence-corrected chi connectivity index (χ3v) is 5.00. The van der Waals surface area contributed by atoms with E-state index in [0.717, 1.165) is 22.5 Å². The summed E-state index contributed by atoms with van der Waals surface area (Å²) in [6.07, 6.45) is 0.914. The molecule has 1 N–H and O–H groups in total. The summed E-state index contributed by atoms with van der Waals surface area (Å²) >= 11 is 1.39. The van der Waals surface area contributed by atoms with Crippen molar-refractivity contribution in [3.05, 3.63) is 30.3 Å². The van der Waals surface area contributed by atoms with Crippen LogP contribution >= 0.6 is 11.8 Å². The Hall–Kier alpha value is -2.28. The predicted molar refractivity (Wildman–Crippen MR) is 99.5 cm³/mol. The Labute approximate surface area is 151 Å². The van der Waals surface area contributed by atoms with E-state index in [1.807, 2.05) is 55.7 Å². The average molecular weight is 358 g/mol. The van der Waals surface area contributed by atoms with Crippen LogP contribution in [0.5, 0.6) is 0 Å². The van der Waals surface area contributed by atoms with E-state index in [4.69, 9.17) is 4.42 Å². The van der Waals surface area contributed by atoms with Gasteiger partial charge in [0.25, 0.3) is 0 Å². The van der Waals surface area contributed by atoms with Gasteiger partial charge in [0.2, 0.25) is 11.7 Å². The topological polar surface area (TPSA) is 73.0 Å². The van der Waals surface area contributed by atoms with Gasteiger partial charge >= 0.3 is 0 Å². The number of rotatable bonds is 7. The monoisotopic (exact) mass is 358 g/mol. The molecule has 1 unspecified atom stereocenters. The fourth-order valence-electron chi connectivity index (χ4n) is 2.50. The summed E-state index contributed by atoms with van der Waals surface area (Å²) in [5.41, 5.74) is 0.824. The predicted octanol–water partition coefficient (Wildman–Crippen LogP) is 3.72. The summed E-state index contributed by atoms with van der Waals surface area (Å²) in [5.74, 6) is 1.70. The number of hydrogen-bond donors (Lipinski definition) is 1. The molecular formula is C18H22N4O2S. The molecule has 1 atom stereocenters. The van der Waals surface area contributed by atoms with E-state index in [1.165, 1.54) is 11.8 Å². The molecule has 132 valence electrons. The molecule has 6 nitrogen and oxygen atoms in total. The van der Waals surface area contributed by atoms with Gasteiger partial charge < -0.3 is 9.73 Å². The van der Waals surface area contributed by atoms with Crippen LogP contribution in [0.3, 0.4) is 0 Å². The lowest BCUT2D eigenvalue weighted by Gasteiger charge is -2.11. The lowest BCUT2D eigenvalue weighted by Crippen LogP contribution is -2.33. The number of aromatic nitrogens is 3. The molecule has 0 aliphatic rings. The van der Waals surface area contributed by atoms with Crippen molar-refractivity contribution in [1.82, 2.24) is 20.1 Å². The van der Waals surface area contributed by atoms with Crippen LogP contribution in [0.1, 0.15) is 27.2 Å². The number of hydrogen-bond acceptors (Lipinski definition) is 5. The summed E-state index contributed by atoms with van der Waals surface area (Å²) in [7, 11) is 0. The highest BCUT2D eigenvalue weighted by molar-refractivity contribution is 7.99. The Morgan fingerprint density at radius 1 is 1.32 bits per heavy atom. The fourth-order valence-corrected chi connectivity index (χ4v) is 3.32. The minimum atomic E-state index is 0.00953. The lowest BCUT2D eigenvalue weighted by atomic mass is 10.2. The van der Waals surface area contributed by atoms with Gasteiger partial charge in [-0.2, -0.15) is 0 Å². The zero-order valence-corrected chi connectivity index (χ0v) is 15.5. The molecule has 2 heterocycles. The molecule has 25 heavy (non-hydrogen) atoms. The molecule has 3 aromatic rings. The molecule has 0 saturated heterocycles. The summed E-state index contributed by atoms with van der Waals surface area (Å²) < 4.78 is 7.86. The number of nitrogens with one attached hydrogen (secondary N) is 1. The first-order valence-corrected chi connectivity index (χ1v) is 9.45. The highest BCUT2D eigenvalue weighted by Gasteiger charge is 2.18. The van der Waals surface area contributed by atoms with Gasteiger partial charge in [-0.3, -0.25) is 9.36 Å². The average Bonchev–Trinajstić information content (AvgIpc) is 3.22. The van der Waals surface area contributed by atoms with Crippen LogP contribution < -0.4 is 5.32 Å². The van der Waals surface area contributed by atoms with Crippen LogP contribution in [0.4, 0.5) is 0 Å². The summed E-state index contributed by atoms with van der Waals surface area (Å²) in [4.78, 5) is 12.0. The largest absolute Gasteiger partial charge is 0.453 e. The normalized spacial score (nSPS) is 12.4. The van der Waals surface area contributed by atoms with Gasteiger partial charge in [0, 0.05) is 18.0 Å². The summed E-state index contributed by atoms with van der Waals surface area (Å²) in [6.45, 7) is 6.77. The first-order valence-electron chi connectivity index (χ1n) is 8.46. The summed E-state index contributed by atoms with van der Waals surface area (Å²) in [6, 6.07) is 10.0. The van der Waals surface area contributed by atoms with E-state index in [2.05, 4.69) is 15.5 Å². The van der Waals surface area contributed by atoms with Gasteiger partial charge in [0.1, 0.15) is 5.58 Å². The number of thioether (sulfide) groups is 1. The molecule has 2 aromatic heterocycles. The molecule has 0 aliphatic heterocycles. The fraction of sp³-hybridized carbons (Fsp3) is 0.389. The van der Waals surface area contributed by atoms with Crippen LogP contribution in [0.2, 0.25) is 0 Å². The first-order chi connectivity index (χ1) is 12.1. The zero-order chi connectivity index (χ0) is 17.8. The van der Waals surface area contributed by atoms with Crippen molar-refractivity contribution in [2.24, 2.45) is 0 Å². The lowest BCUT2D eigenvalue weighted by molar-refractivity contribution is -0.119. The number of benzene rings is 1. The molecule has 7 heteroatoms. The minimum absolute atomic E-state index is 0.00953. The van der Waals surface area contributed by atoms with E-state index in [-0.39, 0.29) is 11.9 Å². The second-order valence-electron chi connectivity index (χ2n) is 5.86. The molecule has 0 aliphatic carbocycles. The molecule has 0 saturated carbocycles. The molecule has 0 radical (unpaired) electrons. The molecular weight excluding hydrogens is 336 g/mol. The van der Waals surface area contributed by atoms with E-state index in [0.29, 0.717) is 23.9 Å². The summed E-state index contributed by atoms with van der Waals surface area (Å²) in [5, 5.41) is 13.2. The van der Waals surface area contributed by atoms with E-state index >= 15 is 0 Å². The van der Waals surface area contributed by atoms with Gasteiger partial charge in [-0.05, 0) is 32.4 Å². The molecule has 1 amide bonds. The van der Waals surface area contributed by atoms with Gasteiger partial charge in [-0.15, -0.1) is 10.2 Å². The quantitative estimate of drug-likeness (QED) is 0.652. The Morgan fingerprint density at radius 2 is 2.12 bits per heavy atom. The van der Waals surface area contributed by atoms with E-state index in [1.54, 1.807) is 0 Å². The van der Waals surface area contributed by atoms with Crippen molar-refractivity contribution in [3.63, 3.8) is 0 Å². The first kappa shape index (κ1) is 17.5. The van der Waals surface area contributed by atoms with Crippen molar-refractivity contribution in [3.8, 4) is 11.6 Å². The van der Waals surface area contributed by atoms with E-state index in [9.17, 15) is 4.79 Å². The SMILES string of the molecule is CCC(C)NC(=O)CSc1nnc(-c2cc3ccccc3o2)n1CC. The third kappa shape index (κ3) is 3.87. The maximum absolute atomic E-state index is 12.0. The second-order valence-corrected chi connectivity index (χ2v) is 6.81. The maximum atomic E-state index is 12.0. The minimum Gasteiger partial charge on any atom is -0.453 e. The smallest absolute Gasteiger partial charge is 0.230 e. The molecule has 3 rings (SSSR count). The Morgan fingerprint density at radius 3 is 2.84 bits per heavy atom. The number of para-hydroxylation sites is 1. The maximum Gasteiger partial charge on any atom is 0.230 e. The Balaban J connectivity index is 1.78. The van der Waals surface area contributed by atoms with Crippen molar-refractivity contribution >= 4 is 28.6 Å². The van der Waals surface area contributed by atoms with Crippen LogP contribution in [0, 0.1) is 0 Å². The number of carbonyl (C=O) groups is 1. The highest BCUT2D eigenvalue weighted by atomic mass is 32.2. The number of fused-ring (bicyclic) bond motifs is 1. The standard InChI is InChI=1S/C18H22N4O2S/c1-4-12(3)19-16(23)11-25-18-21-20-17(22(18)5-2)15-10-13-8-6-7-9-14(13)24-15/h6-10,12H,4-5,11H2,1-3H3,(H,19,23). The number of carbonyl (C=O) groups excluding carboxylic acids is 1. The van der Waals surface area contributed by atoms with Crippen LogP contribution in [-0.2, 0) is 11.3 Å². The van der Waals surface area contributed by atoms with Crippen LogP contribution in [-0.4, -0.2) is 32.5 Å². The highest BCUT2D eigenvalue weighted by Crippen LogP contribution is 2.29. The van der Waals surface area contributed by atoms with Gasteiger partial charge in [-0.1, -0.05) is 36.9 Å². The van der Waals surface area contributed by atoms with Crippen molar-refractivity contribution in [1.29, 1.82) is 0 Å². The molecule has 0 fully saturated rings. The van der Waals surface area contributed by atoms with Gasteiger partial charge in [0.05, 0.1) is 5.75 Å². The molecule has 0 bridgehead atoms. The van der Waals surface area contributed by atoms with Crippen LogP contribution in [0.15, 0.2) is 39.9 Å². The third-order valence-electron chi connectivity index (χ3n) is 4.03. The second kappa shape index (κ2) is 7.74. The van der Waals surface area contributed by atoms with Gasteiger partial charge in [0.15, 0.2) is 10.9 Å².